The third-order valence-electron chi connectivity index (χ3n) is 4.60. The van der Waals surface area contributed by atoms with E-state index >= 15 is 4.39 Å². The molecular weight excluding hydrogens is 442 g/mol. The molecule has 3 N–H and O–H groups in total. The number of likely N-dealkylation sites (N-methyl/N-ethyl adjacent to an activating group) is 1. The van der Waals surface area contributed by atoms with Gasteiger partial charge in [0.2, 0.25) is 15.8 Å². The Balaban J connectivity index is 1.95. The number of aromatic nitrogens is 2. The van der Waals surface area contributed by atoms with E-state index in [2.05, 4.69) is 20.0 Å². The van der Waals surface area contributed by atoms with Crippen molar-refractivity contribution in [2.45, 2.75) is 20.3 Å². The smallest absolute Gasteiger partial charge is 0.232 e. The quantitative estimate of drug-likeness (QED) is 0.295. The number of halogens is 2. The van der Waals surface area contributed by atoms with Crippen molar-refractivity contribution in [3.05, 3.63) is 53.4 Å². The van der Waals surface area contributed by atoms with Gasteiger partial charge < -0.3 is 15.0 Å². The summed E-state index contributed by atoms with van der Waals surface area (Å²) in [7, 11) is -3.83. The van der Waals surface area contributed by atoms with E-state index in [1.165, 1.54) is 12.4 Å². The van der Waals surface area contributed by atoms with Crippen LogP contribution in [0.2, 0.25) is 0 Å². The van der Waals surface area contributed by atoms with E-state index in [1.807, 2.05) is 6.92 Å². The number of fused-ring (bicyclic) bond motifs is 1. The fraction of sp³-hybridized carbons (Fsp3) is 0.333. The Morgan fingerprint density at radius 3 is 2.75 bits per heavy atom. The van der Waals surface area contributed by atoms with Gasteiger partial charge in [0.15, 0.2) is 5.82 Å². The Bertz CT molecular complexity index is 1230. The number of ketones is 1. The minimum atomic E-state index is -3.83. The molecule has 0 saturated carbocycles. The van der Waals surface area contributed by atoms with Crippen LogP contribution in [-0.4, -0.2) is 49.6 Å². The van der Waals surface area contributed by atoms with Gasteiger partial charge in [-0.25, -0.2) is 22.2 Å². The Morgan fingerprint density at radius 2 is 2.03 bits per heavy atom. The lowest BCUT2D eigenvalue weighted by Gasteiger charge is -2.11. The molecule has 2 aromatic heterocycles. The number of nitrogens with one attached hydrogen (secondary N) is 3. The summed E-state index contributed by atoms with van der Waals surface area (Å²) >= 11 is 0. The van der Waals surface area contributed by atoms with Crippen LogP contribution in [0, 0.1) is 11.6 Å². The fourth-order valence-electron chi connectivity index (χ4n) is 3.13. The van der Waals surface area contributed by atoms with Crippen molar-refractivity contribution in [3.8, 4) is 5.75 Å². The van der Waals surface area contributed by atoms with Crippen LogP contribution < -0.4 is 14.8 Å². The number of rotatable bonds is 11. The number of carbonyl (C=O) groups excluding carboxylic acids is 1. The van der Waals surface area contributed by atoms with Crippen LogP contribution in [-0.2, 0) is 10.0 Å². The summed E-state index contributed by atoms with van der Waals surface area (Å²) in [5.74, 6) is -3.18. The van der Waals surface area contributed by atoms with E-state index < -0.39 is 38.7 Å². The second kappa shape index (κ2) is 10.0. The monoisotopic (exact) mass is 466 g/mol. The maximum atomic E-state index is 15.0. The van der Waals surface area contributed by atoms with Crippen molar-refractivity contribution in [2.24, 2.45) is 0 Å². The first-order valence-electron chi connectivity index (χ1n) is 10.1. The second-order valence-electron chi connectivity index (χ2n) is 7.01. The third-order valence-corrected chi connectivity index (χ3v) is 6.08. The zero-order chi connectivity index (χ0) is 23.3. The van der Waals surface area contributed by atoms with Crippen molar-refractivity contribution in [1.82, 2.24) is 15.3 Å². The van der Waals surface area contributed by atoms with Gasteiger partial charge in [-0.05, 0) is 31.2 Å². The number of benzene rings is 1. The van der Waals surface area contributed by atoms with Crippen LogP contribution >= 0.6 is 0 Å². The van der Waals surface area contributed by atoms with Gasteiger partial charge in [0.1, 0.15) is 23.8 Å². The number of anilines is 1. The normalized spacial score (nSPS) is 11.6. The minimum Gasteiger partial charge on any atom is -0.491 e. The Morgan fingerprint density at radius 1 is 1.25 bits per heavy atom. The molecule has 32 heavy (non-hydrogen) atoms. The molecular formula is C21H24F2N4O4S. The summed E-state index contributed by atoms with van der Waals surface area (Å²) < 4.78 is 61.2. The predicted octanol–water partition coefficient (Wildman–Crippen LogP) is 3.21. The van der Waals surface area contributed by atoms with Gasteiger partial charge in [0.05, 0.1) is 23.2 Å². The summed E-state index contributed by atoms with van der Waals surface area (Å²) in [6, 6.07) is 3.35. The molecule has 3 aromatic rings. The van der Waals surface area contributed by atoms with Gasteiger partial charge in [-0.3, -0.25) is 9.52 Å². The number of nitrogens with zero attached hydrogens (tertiary/aromatic N) is 1. The van der Waals surface area contributed by atoms with Gasteiger partial charge in [0, 0.05) is 23.7 Å². The molecule has 0 bridgehead atoms. The number of ether oxygens (including phenoxy) is 1. The molecule has 0 radical (unpaired) electrons. The number of carbonyl (C=O) groups is 1. The van der Waals surface area contributed by atoms with Crippen molar-refractivity contribution < 1.29 is 26.7 Å². The van der Waals surface area contributed by atoms with Crippen molar-refractivity contribution in [1.29, 1.82) is 0 Å². The molecule has 0 amide bonds. The first-order valence-corrected chi connectivity index (χ1v) is 11.8. The Labute approximate surface area is 184 Å². The van der Waals surface area contributed by atoms with Crippen molar-refractivity contribution in [3.63, 3.8) is 0 Å². The molecule has 0 aliphatic heterocycles. The summed E-state index contributed by atoms with van der Waals surface area (Å²) in [6.45, 7) is 5.40. The lowest BCUT2D eigenvalue weighted by molar-refractivity contribution is 0.103. The van der Waals surface area contributed by atoms with Gasteiger partial charge in [0.25, 0.3) is 0 Å². The average molecular weight is 467 g/mol. The number of hydrogen-bond donors (Lipinski definition) is 3. The predicted molar refractivity (Wildman–Crippen MR) is 118 cm³/mol. The maximum Gasteiger partial charge on any atom is 0.232 e. The van der Waals surface area contributed by atoms with Crippen LogP contribution in [0.3, 0.4) is 0 Å². The molecule has 1 aromatic carbocycles. The van der Waals surface area contributed by atoms with E-state index in [1.54, 1.807) is 13.0 Å². The highest BCUT2D eigenvalue weighted by Crippen LogP contribution is 2.28. The fourth-order valence-corrected chi connectivity index (χ4v) is 4.26. The largest absolute Gasteiger partial charge is 0.491 e. The highest BCUT2D eigenvalue weighted by molar-refractivity contribution is 7.92. The molecule has 0 aliphatic carbocycles. The van der Waals surface area contributed by atoms with Crippen LogP contribution in [0.5, 0.6) is 5.75 Å². The van der Waals surface area contributed by atoms with E-state index in [0.29, 0.717) is 36.4 Å². The number of sulfonamides is 1. The van der Waals surface area contributed by atoms with Gasteiger partial charge >= 0.3 is 0 Å². The molecule has 0 spiro atoms. The van der Waals surface area contributed by atoms with Crippen LogP contribution in [0.4, 0.5) is 14.5 Å². The van der Waals surface area contributed by atoms with E-state index in [4.69, 9.17) is 4.74 Å². The summed E-state index contributed by atoms with van der Waals surface area (Å²) in [5.41, 5.74) is -1.03. The SMILES string of the molecule is CCCS(=O)(=O)Nc1ccc(F)c(C(=O)c2c[nH]c3ncc(OCCNCC)cc23)c1F. The van der Waals surface area contributed by atoms with Crippen LogP contribution in [0.15, 0.2) is 30.6 Å². The standard InChI is InChI=1S/C21H24F2N4O4S/c1-3-9-32(29,30)27-17-6-5-16(22)18(19(17)23)20(28)15-12-26-21-14(15)10-13(11-25-21)31-8-7-24-4-2/h5-6,10-12,24,27H,3-4,7-9H2,1-2H3,(H,25,26). The number of aromatic amines is 1. The van der Waals surface area contributed by atoms with Crippen LogP contribution in [0.25, 0.3) is 11.0 Å². The minimum absolute atomic E-state index is 0.0176. The Hall–Kier alpha value is -3.05. The summed E-state index contributed by atoms with van der Waals surface area (Å²) in [6.07, 6.45) is 3.09. The maximum absolute atomic E-state index is 15.0. The summed E-state index contributed by atoms with van der Waals surface area (Å²) in [4.78, 5) is 20.0. The average Bonchev–Trinajstić information content (AvgIpc) is 3.16. The number of pyridine rings is 1. The topological polar surface area (TPSA) is 113 Å². The van der Waals surface area contributed by atoms with Gasteiger partial charge in [-0.1, -0.05) is 13.8 Å². The zero-order valence-electron chi connectivity index (χ0n) is 17.7. The van der Waals surface area contributed by atoms with Gasteiger partial charge in [-0.15, -0.1) is 0 Å². The van der Waals surface area contributed by atoms with Crippen LogP contribution in [0.1, 0.15) is 36.2 Å². The third kappa shape index (κ3) is 5.22. The molecule has 3 rings (SSSR count). The van der Waals surface area contributed by atoms with Gasteiger partial charge in [-0.2, -0.15) is 0 Å². The second-order valence-corrected chi connectivity index (χ2v) is 8.85. The zero-order valence-corrected chi connectivity index (χ0v) is 18.5. The first-order chi connectivity index (χ1) is 15.3. The highest BCUT2D eigenvalue weighted by Gasteiger charge is 2.26. The molecule has 0 atom stereocenters. The van der Waals surface area contributed by atoms with Crippen molar-refractivity contribution >= 4 is 32.5 Å². The van der Waals surface area contributed by atoms with E-state index in [0.717, 1.165) is 18.7 Å². The lowest BCUT2D eigenvalue weighted by Crippen LogP contribution is -2.20. The molecule has 8 nitrogen and oxygen atoms in total. The molecule has 0 saturated heterocycles. The molecule has 0 fully saturated rings. The van der Waals surface area contributed by atoms with E-state index in [9.17, 15) is 17.6 Å². The molecule has 0 unspecified atom stereocenters. The summed E-state index contributed by atoms with van der Waals surface area (Å²) in [5, 5.41) is 3.43. The first kappa shape index (κ1) is 23.6. The molecule has 172 valence electrons. The molecule has 2 heterocycles. The molecule has 11 heteroatoms. The lowest BCUT2D eigenvalue weighted by atomic mass is 10.0. The highest BCUT2D eigenvalue weighted by atomic mass is 32.2. The molecule has 0 aliphatic rings. The van der Waals surface area contributed by atoms with E-state index in [-0.39, 0.29) is 11.3 Å². The number of hydrogen-bond acceptors (Lipinski definition) is 6. The number of H-pyrrole nitrogens is 1. The Kier molecular flexibility index (Phi) is 7.41. The van der Waals surface area contributed by atoms with Crippen molar-refractivity contribution in [2.75, 3.05) is 30.2 Å².